The Bertz CT molecular complexity index is 342. The molecule has 1 aromatic carbocycles. The van der Waals surface area contributed by atoms with Crippen LogP contribution in [0.5, 0.6) is 5.75 Å². The molecule has 0 bridgehead atoms. The van der Waals surface area contributed by atoms with Crippen molar-refractivity contribution in [3.05, 3.63) is 29.3 Å². The zero-order valence-corrected chi connectivity index (χ0v) is 9.24. The first-order valence-corrected chi connectivity index (χ1v) is 5.73. The first-order valence-electron chi connectivity index (χ1n) is 5.73. The molecule has 82 valence electrons. The fourth-order valence-corrected chi connectivity index (χ4v) is 2.51. The van der Waals surface area contributed by atoms with Crippen LogP contribution < -0.4 is 5.73 Å². The van der Waals surface area contributed by atoms with E-state index >= 15 is 0 Å². The van der Waals surface area contributed by atoms with Crippen LogP contribution in [0.2, 0.25) is 0 Å². The minimum absolute atomic E-state index is 0.00685. The molecule has 0 radical (unpaired) electrons. The molecular weight excluding hydrogens is 186 g/mol. The normalized spacial score (nSPS) is 19.3. The number of nitrogens with two attached hydrogens (primary N) is 1. The molecule has 0 aromatic heterocycles. The Morgan fingerprint density at radius 2 is 2.00 bits per heavy atom. The fraction of sp³-hybridized carbons (Fsp3) is 0.538. The van der Waals surface area contributed by atoms with E-state index in [-0.39, 0.29) is 6.04 Å². The van der Waals surface area contributed by atoms with Crippen LogP contribution in [0.25, 0.3) is 0 Å². The van der Waals surface area contributed by atoms with Gasteiger partial charge in [0.05, 0.1) is 0 Å². The molecule has 0 spiro atoms. The zero-order valence-electron chi connectivity index (χ0n) is 9.24. The van der Waals surface area contributed by atoms with E-state index in [4.69, 9.17) is 5.73 Å². The topological polar surface area (TPSA) is 46.2 Å². The van der Waals surface area contributed by atoms with Gasteiger partial charge < -0.3 is 10.8 Å². The highest BCUT2D eigenvalue weighted by Gasteiger charge is 2.24. The van der Waals surface area contributed by atoms with Gasteiger partial charge in [0.15, 0.2) is 0 Å². The third kappa shape index (κ3) is 2.15. The Labute approximate surface area is 91.1 Å². The molecule has 0 unspecified atom stereocenters. The molecule has 2 heteroatoms. The Morgan fingerprint density at radius 1 is 1.33 bits per heavy atom. The van der Waals surface area contributed by atoms with Crippen molar-refractivity contribution < 1.29 is 5.11 Å². The summed E-state index contributed by atoms with van der Waals surface area (Å²) in [6.07, 6.45) is 4.97. The summed E-state index contributed by atoms with van der Waals surface area (Å²) in [7, 11) is 0. The smallest absolute Gasteiger partial charge is 0.120 e. The van der Waals surface area contributed by atoms with Gasteiger partial charge in [0, 0.05) is 11.6 Å². The van der Waals surface area contributed by atoms with Crippen molar-refractivity contribution >= 4 is 0 Å². The molecule has 1 aliphatic carbocycles. The highest BCUT2D eigenvalue weighted by Crippen LogP contribution is 2.37. The summed E-state index contributed by atoms with van der Waals surface area (Å²) in [6, 6.07) is 5.69. The molecule has 2 rings (SSSR count). The zero-order chi connectivity index (χ0) is 10.8. The minimum Gasteiger partial charge on any atom is -0.508 e. The third-order valence-corrected chi connectivity index (χ3v) is 3.45. The van der Waals surface area contributed by atoms with Crippen LogP contribution in [-0.4, -0.2) is 5.11 Å². The summed E-state index contributed by atoms with van der Waals surface area (Å²) in [4.78, 5) is 0. The number of hydrogen-bond acceptors (Lipinski definition) is 2. The number of benzene rings is 1. The number of aryl methyl sites for hydroxylation is 1. The molecule has 1 aliphatic rings. The predicted octanol–water partition coefficient (Wildman–Crippen LogP) is 2.89. The molecule has 15 heavy (non-hydrogen) atoms. The van der Waals surface area contributed by atoms with Crippen molar-refractivity contribution in [1.29, 1.82) is 0 Å². The number of hydrogen-bond donors (Lipinski definition) is 2. The Balaban J connectivity index is 2.23. The fourth-order valence-electron chi connectivity index (χ4n) is 2.51. The number of rotatable bonds is 2. The third-order valence-electron chi connectivity index (χ3n) is 3.45. The second-order valence-electron chi connectivity index (χ2n) is 4.63. The van der Waals surface area contributed by atoms with Gasteiger partial charge in [-0.15, -0.1) is 0 Å². The molecule has 1 saturated carbocycles. The van der Waals surface area contributed by atoms with E-state index in [2.05, 4.69) is 0 Å². The van der Waals surface area contributed by atoms with Gasteiger partial charge in [-0.05, 0) is 31.7 Å². The second-order valence-corrected chi connectivity index (χ2v) is 4.63. The first-order chi connectivity index (χ1) is 7.18. The summed E-state index contributed by atoms with van der Waals surface area (Å²) in [5.41, 5.74) is 8.29. The van der Waals surface area contributed by atoms with E-state index < -0.39 is 0 Å². The van der Waals surface area contributed by atoms with Crippen LogP contribution in [0.4, 0.5) is 0 Å². The largest absolute Gasteiger partial charge is 0.508 e. The summed E-state index contributed by atoms with van der Waals surface area (Å²) in [6.45, 7) is 2.03. The molecule has 0 aliphatic heterocycles. The van der Waals surface area contributed by atoms with Crippen LogP contribution in [0.3, 0.4) is 0 Å². The lowest BCUT2D eigenvalue weighted by Crippen LogP contribution is -2.19. The van der Waals surface area contributed by atoms with Gasteiger partial charge >= 0.3 is 0 Å². The Kier molecular flexibility index (Phi) is 2.96. The van der Waals surface area contributed by atoms with E-state index in [1.165, 1.54) is 25.7 Å². The Hall–Kier alpha value is -1.02. The highest BCUT2D eigenvalue weighted by molar-refractivity contribution is 5.38. The molecule has 1 fully saturated rings. The molecule has 1 aromatic rings. The minimum atomic E-state index is 0.00685. The van der Waals surface area contributed by atoms with Gasteiger partial charge in [-0.2, -0.15) is 0 Å². The average Bonchev–Trinajstić information content (AvgIpc) is 2.74. The number of phenols is 1. The summed E-state index contributed by atoms with van der Waals surface area (Å²) >= 11 is 0. The van der Waals surface area contributed by atoms with E-state index in [1.54, 1.807) is 6.07 Å². The van der Waals surface area contributed by atoms with Gasteiger partial charge in [0.2, 0.25) is 0 Å². The predicted molar refractivity (Wildman–Crippen MR) is 61.7 cm³/mol. The molecule has 2 nitrogen and oxygen atoms in total. The standard InChI is InChI=1S/C13H19NO/c1-9-6-7-12(15)11(8-9)13(14)10-4-2-3-5-10/h6-8,10,13,15H,2-5,14H2,1H3/t13-/m1/s1. The molecule has 3 N–H and O–H groups in total. The molecule has 1 atom stereocenters. The van der Waals surface area contributed by atoms with Crippen molar-refractivity contribution in [2.75, 3.05) is 0 Å². The Morgan fingerprint density at radius 3 is 2.67 bits per heavy atom. The van der Waals surface area contributed by atoms with Crippen LogP contribution in [0.15, 0.2) is 18.2 Å². The van der Waals surface area contributed by atoms with Gasteiger partial charge in [-0.25, -0.2) is 0 Å². The monoisotopic (exact) mass is 205 g/mol. The van der Waals surface area contributed by atoms with Crippen molar-refractivity contribution in [1.82, 2.24) is 0 Å². The number of phenolic OH excluding ortho intramolecular Hbond substituents is 1. The maximum Gasteiger partial charge on any atom is 0.120 e. The maximum atomic E-state index is 9.79. The van der Waals surface area contributed by atoms with Gasteiger partial charge in [-0.1, -0.05) is 30.5 Å². The van der Waals surface area contributed by atoms with Crippen LogP contribution in [0.1, 0.15) is 42.9 Å². The van der Waals surface area contributed by atoms with Crippen LogP contribution >= 0.6 is 0 Å². The highest BCUT2D eigenvalue weighted by atomic mass is 16.3. The molecule has 0 amide bonds. The van der Waals surface area contributed by atoms with E-state index in [1.807, 2.05) is 19.1 Å². The SMILES string of the molecule is Cc1ccc(O)c([C@H](N)C2CCCC2)c1. The summed E-state index contributed by atoms with van der Waals surface area (Å²) in [5, 5.41) is 9.79. The lowest BCUT2D eigenvalue weighted by Gasteiger charge is -2.20. The molecule has 0 heterocycles. The quantitative estimate of drug-likeness (QED) is 0.779. The van der Waals surface area contributed by atoms with Crippen molar-refractivity contribution in [3.63, 3.8) is 0 Å². The van der Waals surface area contributed by atoms with Gasteiger partial charge in [-0.3, -0.25) is 0 Å². The average molecular weight is 205 g/mol. The van der Waals surface area contributed by atoms with Crippen molar-refractivity contribution in [3.8, 4) is 5.75 Å². The first kappa shape index (κ1) is 10.5. The number of aromatic hydroxyl groups is 1. The summed E-state index contributed by atoms with van der Waals surface area (Å²) < 4.78 is 0. The lowest BCUT2D eigenvalue weighted by atomic mass is 9.91. The van der Waals surface area contributed by atoms with Crippen LogP contribution in [-0.2, 0) is 0 Å². The molecule has 0 saturated heterocycles. The van der Waals surface area contributed by atoms with Crippen molar-refractivity contribution in [2.24, 2.45) is 11.7 Å². The molecular formula is C13H19NO. The van der Waals surface area contributed by atoms with Gasteiger partial charge in [0.1, 0.15) is 5.75 Å². The van der Waals surface area contributed by atoms with Crippen molar-refractivity contribution in [2.45, 2.75) is 38.6 Å². The van der Waals surface area contributed by atoms with E-state index in [0.29, 0.717) is 11.7 Å². The lowest BCUT2D eigenvalue weighted by molar-refractivity contribution is 0.412. The van der Waals surface area contributed by atoms with E-state index in [0.717, 1.165) is 11.1 Å². The van der Waals surface area contributed by atoms with Crippen LogP contribution in [0, 0.1) is 12.8 Å². The van der Waals surface area contributed by atoms with E-state index in [9.17, 15) is 5.11 Å². The van der Waals surface area contributed by atoms with Gasteiger partial charge in [0.25, 0.3) is 0 Å². The summed E-state index contributed by atoms with van der Waals surface area (Å²) in [5.74, 6) is 0.901. The second kappa shape index (κ2) is 4.23. The maximum absolute atomic E-state index is 9.79.